The van der Waals surface area contributed by atoms with Crippen molar-refractivity contribution in [2.75, 3.05) is 37.4 Å². The average Bonchev–Trinajstić information content (AvgIpc) is 2.86. The summed E-state index contributed by atoms with van der Waals surface area (Å²) >= 11 is 12.5. The lowest BCUT2D eigenvalue weighted by molar-refractivity contribution is 0.227. The standard InChI is InChI=1S/C26H28Cl2N6O2S/c1-17(26-22(27)15-31-16-23(26)28)36-20-6-8-25(30)21(13-20)24(29)7-5-18-3-4-19(14-32-18)33-37(35)11-9-34(2)10-12-37/h3-8,13-17,29H,9-12,30H2,1-2H3/b7-5+,29-24?. The zero-order chi connectivity index (χ0) is 26.6. The number of pyridine rings is 2. The van der Waals surface area contributed by atoms with Gasteiger partial charge in [-0.3, -0.25) is 9.97 Å². The Hall–Kier alpha value is -2.98. The minimum atomic E-state index is -2.24. The molecule has 1 unspecified atom stereocenters. The number of benzene rings is 1. The van der Waals surface area contributed by atoms with E-state index in [0.29, 0.717) is 55.5 Å². The quantitative estimate of drug-likeness (QED) is 0.286. The van der Waals surface area contributed by atoms with Crippen LogP contribution in [0.15, 0.2) is 59.4 Å². The second-order valence-corrected chi connectivity index (χ2v) is 12.1. The third-order valence-electron chi connectivity index (χ3n) is 5.97. The maximum atomic E-state index is 12.9. The van der Waals surface area contributed by atoms with E-state index in [1.807, 2.05) is 14.0 Å². The van der Waals surface area contributed by atoms with Crippen molar-refractivity contribution in [3.8, 4) is 5.75 Å². The van der Waals surface area contributed by atoms with Crippen molar-refractivity contribution in [2.24, 2.45) is 4.36 Å². The molecular formula is C26H28Cl2N6O2S. The van der Waals surface area contributed by atoms with Gasteiger partial charge in [0.25, 0.3) is 0 Å². The van der Waals surface area contributed by atoms with Crippen molar-refractivity contribution >= 4 is 56.1 Å². The van der Waals surface area contributed by atoms with Crippen molar-refractivity contribution in [3.05, 3.63) is 81.9 Å². The normalized spacial score (nSPS) is 16.4. The number of anilines is 1. The Kier molecular flexibility index (Phi) is 8.49. The minimum absolute atomic E-state index is 0.195. The van der Waals surface area contributed by atoms with Gasteiger partial charge in [0.1, 0.15) is 11.9 Å². The Balaban J connectivity index is 1.46. The van der Waals surface area contributed by atoms with E-state index in [0.717, 1.165) is 13.1 Å². The lowest BCUT2D eigenvalue weighted by Gasteiger charge is -2.24. The Morgan fingerprint density at radius 1 is 1.19 bits per heavy atom. The first-order valence-corrected chi connectivity index (χ1v) is 14.2. The second kappa shape index (κ2) is 11.6. The third kappa shape index (κ3) is 6.87. The molecule has 11 heteroatoms. The molecule has 1 aliphatic rings. The lowest BCUT2D eigenvalue weighted by Crippen LogP contribution is -2.37. The van der Waals surface area contributed by atoms with E-state index in [2.05, 4.69) is 19.2 Å². The Labute approximate surface area is 227 Å². The summed E-state index contributed by atoms with van der Waals surface area (Å²) in [4.78, 5) is 10.5. The Morgan fingerprint density at radius 3 is 2.54 bits per heavy atom. The monoisotopic (exact) mass is 558 g/mol. The summed E-state index contributed by atoms with van der Waals surface area (Å²) in [6.45, 7) is 3.38. The molecule has 0 amide bonds. The van der Waals surface area contributed by atoms with Crippen LogP contribution in [0.3, 0.4) is 0 Å². The average molecular weight is 560 g/mol. The van der Waals surface area contributed by atoms with Gasteiger partial charge in [0.05, 0.1) is 43.1 Å². The van der Waals surface area contributed by atoms with Gasteiger partial charge in [0.2, 0.25) is 0 Å². The molecule has 1 aromatic carbocycles. The fourth-order valence-corrected chi connectivity index (χ4v) is 6.56. The molecule has 194 valence electrons. The highest BCUT2D eigenvalue weighted by Crippen LogP contribution is 2.33. The molecule has 3 heterocycles. The fourth-order valence-electron chi connectivity index (χ4n) is 3.82. The molecule has 8 nitrogen and oxygen atoms in total. The van der Waals surface area contributed by atoms with Crippen LogP contribution in [0.5, 0.6) is 5.75 Å². The number of ether oxygens (including phenoxy) is 1. The van der Waals surface area contributed by atoms with E-state index in [1.165, 1.54) is 12.4 Å². The first-order chi connectivity index (χ1) is 17.6. The third-order valence-corrected chi connectivity index (χ3v) is 8.76. The van der Waals surface area contributed by atoms with E-state index in [1.54, 1.807) is 48.7 Å². The number of nitrogens with zero attached hydrogens (tertiary/aromatic N) is 4. The fraction of sp³-hybridized carbons (Fsp3) is 0.269. The summed E-state index contributed by atoms with van der Waals surface area (Å²) in [5, 5.41) is 9.35. The van der Waals surface area contributed by atoms with E-state index >= 15 is 0 Å². The van der Waals surface area contributed by atoms with Gasteiger partial charge in [-0.1, -0.05) is 23.2 Å². The molecule has 4 rings (SSSR count). The van der Waals surface area contributed by atoms with Crippen LogP contribution in [0.2, 0.25) is 10.0 Å². The summed E-state index contributed by atoms with van der Waals surface area (Å²) < 4.78 is 23.4. The maximum Gasteiger partial charge on any atom is 0.124 e. The highest BCUT2D eigenvalue weighted by molar-refractivity contribution is 7.93. The molecule has 1 atom stereocenters. The van der Waals surface area contributed by atoms with Gasteiger partial charge >= 0.3 is 0 Å². The predicted molar refractivity (Wildman–Crippen MR) is 152 cm³/mol. The molecule has 37 heavy (non-hydrogen) atoms. The van der Waals surface area contributed by atoms with Crippen molar-refractivity contribution in [2.45, 2.75) is 13.0 Å². The number of nitrogen functional groups attached to an aromatic ring is 1. The topological polar surface area (TPSA) is 118 Å². The smallest absolute Gasteiger partial charge is 0.124 e. The molecule has 1 fully saturated rings. The van der Waals surface area contributed by atoms with E-state index in [-0.39, 0.29) is 5.71 Å². The van der Waals surface area contributed by atoms with Crippen molar-refractivity contribution in [1.82, 2.24) is 14.9 Å². The lowest BCUT2D eigenvalue weighted by atomic mass is 10.1. The molecule has 3 aromatic rings. The highest BCUT2D eigenvalue weighted by atomic mass is 35.5. The van der Waals surface area contributed by atoms with Crippen LogP contribution in [0.1, 0.15) is 29.8 Å². The predicted octanol–water partition coefficient (Wildman–Crippen LogP) is 5.63. The number of hydrogen-bond donors (Lipinski definition) is 2. The molecule has 0 aliphatic carbocycles. The molecule has 0 spiro atoms. The van der Waals surface area contributed by atoms with Gasteiger partial charge in [-0.25, -0.2) is 4.21 Å². The molecule has 0 saturated carbocycles. The number of nitrogens with one attached hydrogen (secondary N) is 1. The minimum Gasteiger partial charge on any atom is -0.486 e. The second-order valence-electron chi connectivity index (χ2n) is 8.79. The van der Waals surface area contributed by atoms with Gasteiger partial charge < -0.3 is 20.8 Å². The van der Waals surface area contributed by atoms with E-state index in [4.69, 9.17) is 39.1 Å². The van der Waals surface area contributed by atoms with Crippen LogP contribution < -0.4 is 10.5 Å². The number of allylic oxidation sites excluding steroid dienone is 1. The van der Waals surface area contributed by atoms with Crippen LogP contribution in [0.4, 0.5) is 11.4 Å². The van der Waals surface area contributed by atoms with E-state index in [9.17, 15) is 4.21 Å². The SMILES string of the molecule is CC(Oc1ccc(N)c(C(=N)/C=C/c2ccc(N=S3(=O)CCN(C)CC3)cn2)c1)c1c(Cl)cncc1Cl. The highest BCUT2D eigenvalue weighted by Gasteiger charge is 2.18. The summed E-state index contributed by atoms with van der Waals surface area (Å²) in [6, 6.07) is 8.70. The number of hydrogen-bond acceptors (Lipinski definition) is 8. The molecule has 0 radical (unpaired) electrons. The zero-order valence-corrected chi connectivity index (χ0v) is 22.9. The Bertz CT molecular complexity index is 1420. The number of nitrogens with two attached hydrogens (primary N) is 1. The van der Waals surface area contributed by atoms with Gasteiger partial charge in [-0.2, -0.15) is 4.36 Å². The van der Waals surface area contributed by atoms with E-state index < -0.39 is 15.8 Å². The largest absolute Gasteiger partial charge is 0.486 e. The molecule has 1 saturated heterocycles. The first kappa shape index (κ1) is 27.1. The van der Waals surface area contributed by atoms with Gasteiger partial charge in [0.15, 0.2) is 0 Å². The molecule has 0 bridgehead atoms. The van der Waals surface area contributed by atoms with Crippen LogP contribution in [0.25, 0.3) is 6.08 Å². The maximum absolute atomic E-state index is 12.9. The Morgan fingerprint density at radius 2 is 1.89 bits per heavy atom. The molecular weight excluding hydrogens is 531 g/mol. The molecule has 1 aliphatic heterocycles. The number of aromatic nitrogens is 2. The molecule has 2 aromatic heterocycles. The molecule has 3 N–H and O–H groups in total. The van der Waals surface area contributed by atoms with Crippen molar-refractivity contribution < 1.29 is 8.95 Å². The van der Waals surface area contributed by atoms with Gasteiger partial charge in [-0.15, -0.1) is 0 Å². The summed E-state index contributed by atoms with van der Waals surface area (Å²) in [5.41, 5.74) is 9.16. The van der Waals surface area contributed by atoms with Crippen LogP contribution in [-0.2, 0) is 9.73 Å². The van der Waals surface area contributed by atoms with Crippen molar-refractivity contribution in [3.63, 3.8) is 0 Å². The zero-order valence-electron chi connectivity index (χ0n) is 20.5. The van der Waals surface area contributed by atoms with Crippen molar-refractivity contribution in [1.29, 1.82) is 5.41 Å². The van der Waals surface area contributed by atoms with Crippen LogP contribution in [-0.4, -0.2) is 56.4 Å². The van der Waals surface area contributed by atoms with Gasteiger partial charge in [0, 0.05) is 53.8 Å². The number of halogens is 2. The summed E-state index contributed by atoms with van der Waals surface area (Å²) in [5.74, 6) is 1.65. The summed E-state index contributed by atoms with van der Waals surface area (Å²) in [7, 11) is -0.224. The first-order valence-electron chi connectivity index (χ1n) is 11.6. The van der Waals surface area contributed by atoms with Crippen LogP contribution >= 0.6 is 23.2 Å². The summed E-state index contributed by atoms with van der Waals surface area (Å²) in [6.07, 6.45) is 7.52. The van der Waals surface area contributed by atoms with Crippen LogP contribution in [0, 0.1) is 5.41 Å². The van der Waals surface area contributed by atoms with Gasteiger partial charge in [-0.05, 0) is 56.5 Å². The number of rotatable bonds is 7.